The summed E-state index contributed by atoms with van der Waals surface area (Å²) in [5, 5.41) is 9.18. The van der Waals surface area contributed by atoms with E-state index in [0.29, 0.717) is 0 Å². The number of hydrogen-bond acceptors (Lipinski definition) is 6. The lowest BCUT2D eigenvalue weighted by Gasteiger charge is -2.25. The zero-order valence-electron chi connectivity index (χ0n) is 10.1. The van der Waals surface area contributed by atoms with Crippen LogP contribution in [0.2, 0.25) is 0 Å². The lowest BCUT2D eigenvalue weighted by Crippen LogP contribution is -2.43. The second-order valence-electron chi connectivity index (χ2n) is 3.56. The lowest BCUT2D eigenvalue weighted by molar-refractivity contribution is -0.174. The van der Waals surface area contributed by atoms with Gasteiger partial charge in [-0.2, -0.15) is 0 Å². The van der Waals surface area contributed by atoms with Crippen LogP contribution in [0.25, 0.3) is 0 Å². The van der Waals surface area contributed by atoms with Gasteiger partial charge in [0.2, 0.25) is 0 Å². The lowest BCUT2D eigenvalue weighted by atomic mass is 10.1. The zero-order chi connectivity index (χ0) is 12.1. The fourth-order valence-corrected chi connectivity index (χ4v) is 1.97. The molecule has 5 atom stereocenters. The summed E-state index contributed by atoms with van der Waals surface area (Å²) in [6.45, 7) is -0.145. The van der Waals surface area contributed by atoms with Gasteiger partial charge in [-0.15, -0.1) is 0 Å². The van der Waals surface area contributed by atoms with Crippen LogP contribution in [0.3, 0.4) is 0 Å². The Kier molecular flexibility index (Phi) is 5.60. The summed E-state index contributed by atoms with van der Waals surface area (Å²) in [6, 6.07) is 0. The molecule has 1 aliphatic rings. The van der Waals surface area contributed by atoms with E-state index in [1.165, 1.54) is 14.2 Å². The van der Waals surface area contributed by atoms with Gasteiger partial charge in [0.1, 0.15) is 24.4 Å². The highest BCUT2D eigenvalue weighted by Crippen LogP contribution is 2.29. The van der Waals surface area contributed by atoms with Gasteiger partial charge >= 0.3 is 0 Å². The quantitative estimate of drug-likeness (QED) is 0.664. The summed E-state index contributed by atoms with van der Waals surface area (Å²) in [7, 11) is 6.18. The molecule has 1 N–H and O–H groups in total. The van der Waals surface area contributed by atoms with Gasteiger partial charge in [0.05, 0.1) is 6.61 Å². The van der Waals surface area contributed by atoms with Gasteiger partial charge in [-0.05, 0) is 0 Å². The maximum atomic E-state index is 9.18. The number of aliphatic hydroxyl groups excluding tert-OH is 1. The molecule has 96 valence electrons. The van der Waals surface area contributed by atoms with E-state index in [1.807, 2.05) is 0 Å². The molecule has 0 unspecified atom stereocenters. The largest absolute Gasteiger partial charge is 0.394 e. The number of aliphatic hydroxyl groups is 1. The first-order valence-electron chi connectivity index (χ1n) is 5.11. The summed E-state index contributed by atoms with van der Waals surface area (Å²) < 4.78 is 26.5. The molecule has 6 nitrogen and oxygen atoms in total. The molecule has 1 saturated heterocycles. The molecule has 1 heterocycles. The SMILES string of the molecule is CO[C@@H]1O[C@H]([C@@H](CO)OC)[C@H](OC)[C@H]1OC. The molecule has 0 aromatic heterocycles. The first kappa shape index (κ1) is 13.8. The van der Waals surface area contributed by atoms with Crippen molar-refractivity contribution < 1.29 is 28.8 Å². The molecule has 0 aromatic rings. The van der Waals surface area contributed by atoms with Crippen LogP contribution in [0.5, 0.6) is 0 Å². The van der Waals surface area contributed by atoms with Crippen LogP contribution < -0.4 is 0 Å². The molecule has 0 amide bonds. The maximum Gasteiger partial charge on any atom is 0.186 e. The van der Waals surface area contributed by atoms with Gasteiger partial charge in [-0.1, -0.05) is 0 Å². The molecule has 1 fully saturated rings. The Hall–Kier alpha value is -0.240. The van der Waals surface area contributed by atoms with Gasteiger partial charge in [0.25, 0.3) is 0 Å². The molecule has 0 aromatic carbocycles. The molecule has 6 heteroatoms. The van der Waals surface area contributed by atoms with E-state index in [1.54, 1.807) is 14.2 Å². The van der Waals surface area contributed by atoms with Crippen molar-refractivity contribution >= 4 is 0 Å². The van der Waals surface area contributed by atoms with Crippen molar-refractivity contribution in [1.29, 1.82) is 0 Å². The van der Waals surface area contributed by atoms with E-state index in [9.17, 15) is 5.11 Å². The molecule has 1 aliphatic heterocycles. The van der Waals surface area contributed by atoms with E-state index in [2.05, 4.69) is 0 Å². The number of methoxy groups -OCH3 is 4. The Bertz CT molecular complexity index is 193. The minimum absolute atomic E-state index is 0.145. The minimum Gasteiger partial charge on any atom is -0.394 e. The van der Waals surface area contributed by atoms with Crippen LogP contribution in [-0.4, -0.2) is 70.9 Å². The fourth-order valence-electron chi connectivity index (χ4n) is 1.97. The van der Waals surface area contributed by atoms with Crippen LogP contribution >= 0.6 is 0 Å². The van der Waals surface area contributed by atoms with Crippen molar-refractivity contribution in [3.8, 4) is 0 Å². The average Bonchev–Trinajstić information content (AvgIpc) is 2.68. The molecule has 0 aliphatic carbocycles. The van der Waals surface area contributed by atoms with Crippen LogP contribution in [-0.2, 0) is 23.7 Å². The predicted octanol–water partition coefficient (Wildman–Crippen LogP) is -0.605. The molecular formula is C10H20O6. The molecular weight excluding hydrogens is 216 g/mol. The first-order chi connectivity index (χ1) is 7.73. The summed E-state index contributed by atoms with van der Waals surface area (Å²) in [5.41, 5.74) is 0. The third-order valence-corrected chi connectivity index (χ3v) is 2.83. The molecule has 1 rings (SSSR count). The van der Waals surface area contributed by atoms with Gasteiger partial charge in [0, 0.05) is 28.4 Å². The van der Waals surface area contributed by atoms with E-state index in [-0.39, 0.29) is 18.8 Å². The van der Waals surface area contributed by atoms with Crippen molar-refractivity contribution in [1.82, 2.24) is 0 Å². The van der Waals surface area contributed by atoms with Gasteiger partial charge in [0.15, 0.2) is 6.29 Å². The topological polar surface area (TPSA) is 66.4 Å². The van der Waals surface area contributed by atoms with E-state index < -0.39 is 18.5 Å². The smallest absolute Gasteiger partial charge is 0.186 e. The molecule has 16 heavy (non-hydrogen) atoms. The van der Waals surface area contributed by atoms with Crippen molar-refractivity contribution in [2.45, 2.75) is 30.7 Å². The van der Waals surface area contributed by atoms with Crippen molar-refractivity contribution in [3.05, 3.63) is 0 Å². The standard InChI is InChI=1S/C10H20O6/c1-12-6(5-11)7-8(13-2)9(14-3)10(15-4)16-7/h6-11H,5H2,1-4H3/t6-,7-,8+,9-,10-/m1/s1. The average molecular weight is 236 g/mol. The van der Waals surface area contributed by atoms with Crippen LogP contribution in [0.4, 0.5) is 0 Å². The number of hydrogen-bond donors (Lipinski definition) is 1. The van der Waals surface area contributed by atoms with Crippen LogP contribution in [0, 0.1) is 0 Å². The second-order valence-corrected chi connectivity index (χ2v) is 3.56. The molecule has 0 saturated carbocycles. The summed E-state index contributed by atoms with van der Waals surface area (Å²) in [6.07, 6.45) is -2.03. The Morgan fingerprint density at radius 2 is 1.69 bits per heavy atom. The third kappa shape index (κ3) is 2.53. The van der Waals surface area contributed by atoms with Crippen LogP contribution in [0.1, 0.15) is 0 Å². The van der Waals surface area contributed by atoms with E-state index in [4.69, 9.17) is 23.7 Å². The number of ether oxygens (including phenoxy) is 5. The second kappa shape index (κ2) is 6.48. The summed E-state index contributed by atoms with van der Waals surface area (Å²) >= 11 is 0. The normalized spacial score (nSPS) is 36.6. The highest BCUT2D eigenvalue weighted by atomic mass is 16.7. The van der Waals surface area contributed by atoms with Crippen molar-refractivity contribution in [2.75, 3.05) is 35.0 Å². The Balaban J connectivity index is 2.77. The monoisotopic (exact) mass is 236 g/mol. The van der Waals surface area contributed by atoms with E-state index in [0.717, 1.165) is 0 Å². The Labute approximate surface area is 95.4 Å². The third-order valence-electron chi connectivity index (χ3n) is 2.83. The number of rotatable bonds is 6. The molecule has 0 radical (unpaired) electrons. The van der Waals surface area contributed by atoms with Gasteiger partial charge < -0.3 is 28.8 Å². The Morgan fingerprint density at radius 3 is 2.06 bits per heavy atom. The van der Waals surface area contributed by atoms with Gasteiger partial charge in [-0.25, -0.2) is 0 Å². The summed E-state index contributed by atoms with van der Waals surface area (Å²) in [4.78, 5) is 0. The highest BCUT2D eigenvalue weighted by Gasteiger charge is 2.48. The predicted molar refractivity (Wildman–Crippen MR) is 55.1 cm³/mol. The fraction of sp³-hybridized carbons (Fsp3) is 1.00. The first-order valence-corrected chi connectivity index (χ1v) is 5.11. The zero-order valence-corrected chi connectivity index (χ0v) is 10.1. The maximum absolute atomic E-state index is 9.18. The molecule has 0 bridgehead atoms. The van der Waals surface area contributed by atoms with Gasteiger partial charge in [-0.3, -0.25) is 0 Å². The minimum atomic E-state index is -0.510. The highest BCUT2D eigenvalue weighted by molar-refractivity contribution is 4.93. The van der Waals surface area contributed by atoms with E-state index >= 15 is 0 Å². The van der Waals surface area contributed by atoms with Crippen LogP contribution in [0.15, 0.2) is 0 Å². The van der Waals surface area contributed by atoms with Crippen molar-refractivity contribution in [3.63, 3.8) is 0 Å². The molecule has 0 spiro atoms. The summed E-state index contributed by atoms with van der Waals surface area (Å²) in [5.74, 6) is 0. The van der Waals surface area contributed by atoms with Crippen molar-refractivity contribution in [2.24, 2.45) is 0 Å². The Morgan fingerprint density at radius 1 is 1.06 bits per heavy atom.